The summed E-state index contributed by atoms with van der Waals surface area (Å²) in [7, 11) is 0. The van der Waals surface area contributed by atoms with Gasteiger partial charge in [-0.15, -0.1) is 0 Å². The van der Waals surface area contributed by atoms with Gasteiger partial charge < -0.3 is 4.90 Å². The van der Waals surface area contributed by atoms with Gasteiger partial charge in [-0.3, -0.25) is 4.90 Å². The minimum Gasteiger partial charge on any atom is -0.367 e. The van der Waals surface area contributed by atoms with Gasteiger partial charge in [0.2, 0.25) is 0 Å². The van der Waals surface area contributed by atoms with Gasteiger partial charge in [0.05, 0.1) is 11.3 Å². The van der Waals surface area contributed by atoms with Crippen molar-refractivity contribution in [2.24, 2.45) is 5.92 Å². The maximum Gasteiger partial charge on any atom is 0.419 e. The highest BCUT2D eigenvalue weighted by Gasteiger charge is 2.36. The quantitative estimate of drug-likeness (QED) is 0.785. The van der Waals surface area contributed by atoms with Crippen LogP contribution >= 0.6 is 0 Å². The maximum atomic E-state index is 14.3. The molecule has 0 amide bonds. The van der Waals surface area contributed by atoms with E-state index in [0.29, 0.717) is 18.7 Å². The fraction of sp³-hybridized carbons (Fsp3) is 0.625. The lowest BCUT2D eigenvalue weighted by atomic mass is 10.1. The number of anilines is 1. The highest BCUT2D eigenvalue weighted by molar-refractivity contribution is 5.53. The molecule has 1 heterocycles. The fourth-order valence-corrected chi connectivity index (χ4v) is 3.02. The molecule has 1 aromatic rings. The molecule has 2 fully saturated rings. The zero-order valence-electron chi connectivity index (χ0n) is 12.6. The van der Waals surface area contributed by atoms with Crippen LogP contribution in [0.3, 0.4) is 0 Å². The van der Waals surface area contributed by atoms with Crippen molar-refractivity contribution in [2.45, 2.75) is 25.9 Å². The highest BCUT2D eigenvalue weighted by atomic mass is 19.4. The molecule has 1 saturated heterocycles. The molecule has 0 aromatic heterocycles. The van der Waals surface area contributed by atoms with Crippen LogP contribution in [-0.2, 0) is 6.18 Å². The summed E-state index contributed by atoms with van der Waals surface area (Å²) in [5.74, 6) is -0.354. The van der Waals surface area contributed by atoms with E-state index in [0.717, 1.165) is 31.6 Å². The standard InChI is InChI=1S/C16H20F4N2/c1-11-8-13(16(18,19)20)15(17)14(9-11)22-6-4-21(5-7-22)10-12-2-3-12/h8-9,12H,2-7,10H2,1H3. The molecule has 0 spiro atoms. The molecule has 0 N–H and O–H groups in total. The summed E-state index contributed by atoms with van der Waals surface area (Å²) in [5, 5.41) is 0. The van der Waals surface area contributed by atoms with E-state index >= 15 is 0 Å². The molecule has 1 aliphatic heterocycles. The second-order valence-corrected chi connectivity index (χ2v) is 6.37. The largest absolute Gasteiger partial charge is 0.419 e. The topological polar surface area (TPSA) is 6.48 Å². The number of piperazine rings is 1. The summed E-state index contributed by atoms with van der Waals surface area (Å²) in [5.41, 5.74) is -0.648. The summed E-state index contributed by atoms with van der Waals surface area (Å²) in [6, 6.07) is 2.39. The van der Waals surface area contributed by atoms with Gasteiger partial charge in [-0.05, 0) is 43.4 Å². The Kier molecular flexibility index (Phi) is 4.05. The van der Waals surface area contributed by atoms with Gasteiger partial charge in [-0.25, -0.2) is 4.39 Å². The van der Waals surface area contributed by atoms with Crippen molar-refractivity contribution < 1.29 is 17.6 Å². The second kappa shape index (κ2) is 5.72. The molecule has 1 saturated carbocycles. The Morgan fingerprint density at radius 1 is 1.09 bits per heavy atom. The number of alkyl halides is 3. The average molecular weight is 316 g/mol. The van der Waals surface area contributed by atoms with Gasteiger partial charge in [0.15, 0.2) is 5.82 Å². The fourth-order valence-electron chi connectivity index (χ4n) is 3.02. The van der Waals surface area contributed by atoms with Crippen molar-refractivity contribution >= 4 is 5.69 Å². The lowest BCUT2D eigenvalue weighted by Crippen LogP contribution is -2.47. The van der Waals surface area contributed by atoms with E-state index in [-0.39, 0.29) is 5.69 Å². The van der Waals surface area contributed by atoms with E-state index in [2.05, 4.69) is 4.90 Å². The molecule has 2 nitrogen and oxygen atoms in total. The van der Waals surface area contributed by atoms with Crippen LogP contribution in [0.5, 0.6) is 0 Å². The van der Waals surface area contributed by atoms with Crippen LogP contribution in [0.2, 0.25) is 0 Å². The van der Waals surface area contributed by atoms with Crippen molar-refractivity contribution in [3.05, 3.63) is 29.1 Å². The van der Waals surface area contributed by atoms with Crippen LogP contribution in [0.15, 0.2) is 12.1 Å². The molecular formula is C16H20F4N2. The Morgan fingerprint density at radius 2 is 1.73 bits per heavy atom. The van der Waals surface area contributed by atoms with Crippen LogP contribution < -0.4 is 4.90 Å². The lowest BCUT2D eigenvalue weighted by Gasteiger charge is -2.36. The van der Waals surface area contributed by atoms with E-state index in [9.17, 15) is 17.6 Å². The number of aryl methyl sites for hydroxylation is 1. The van der Waals surface area contributed by atoms with Crippen molar-refractivity contribution in [1.29, 1.82) is 0 Å². The van der Waals surface area contributed by atoms with Crippen molar-refractivity contribution in [3.8, 4) is 0 Å². The first-order chi connectivity index (χ1) is 10.3. The molecule has 0 atom stereocenters. The van der Waals surface area contributed by atoms with Crippen LogP contribution in [0, 0.1) is 18.7 Å². The maximum absolute atomic E-state index is 14.3. The van der Waals surface area contributed by atoms with Gasteiger partial charge in [0, 0.05) is 32.7 Å². The zero-order chi connectivity index (χ0) is 15.9. The summed E-state index contributed by atoms with van der Waals surface area (Å²) in [4.78, 5) is 4.06. The third-order valence-electron chi connectivity index (χ3n) is 4.43. The van der Waals surface area contributed by atoms with Gasteiger partial charge in [0.1, 0.15) is 0 Å². The van der Waals surface area contributed by atoms with Crippen molar-refractivity contribution in [2.75, 3.05) is 37.6 Å². The summed E-state index contributed by atoms with van der Waals surface area (Å²) in [6.07, 6.45) is -2.10. The van der Waals surface area contributed by atoms with Crippen LogP contribution in [0.25, 0.3) is 0 Å². The molecule has 122 valence electrons. The van der Waals surface area contributed by atoms with Gasteiger partial charge in [-0.2, -0.15) is 13.2 Å². The average Bonchev–Trinajstić information content (AvgIpc) is 3.25. The minimum atomic E-state index is -4.65. The Morgan fingerprint density at radius 3 is 2.27 bits per heavy atom. The molecule has 1 aromatic carbocycles. The van der Waals surface area contributed by atoms with Crippen molar-refractivity contribution in [1.82, 2.24) is 4.90 Å². The lowest BCUT2D eigenvalue weighted by molar-refractivity contribution is -0.139. The monoisotopic (exact) mass is 316 g/mol. The Bertz CT molecular complexity index is 544. The molecule has 1 aliphatic carbocycles. The van der Waals surface area contributed by atoms with E-state index in [4.69, 9.17) is 0 Å². The number of halogens is 4. The van der Waals surface area contributed by atoms with E-state index in [1.54, 1.807) is 11.8 Å². The first-order valence-electron chi connectivity index (χ1n) is 7.69. The van der Waals surface area contributed by atoms with Gasteiger partial charge in [-0.1, -0.05) is 0 Å². The number of hydrogen-bond acceptors (Lipinski definition) is 2. The number of rotatable bonds is 3. The molecular weight excluding hydrogens is 296 g/mol. The van der Waals surface area contributed by atoms with E-state index in [1.807, 2.05) is 0 Å². The third kappa shape index (κ3) is 3.37. The molecule has 6 heteroatoms. The first kappa shape index (κ1) is 15.6. The zero-order valence-corrected chi connectivity index (χ0v) is 12.6. The normalized spacial score (nSPS) is 20.5. The summed E-state index contributed by atoms with van der Waals surface area (Å²) < 4.78 is 53.0. The molecule has 22 heavy (non-hydrogen) atoms. The van der Waals surface area contributed by atoms with E-state index < -0.39 is 17.6 Å². The Balaban J connectivity index is 1.76. The van der Waals surface area contributed by atoms with Crippen molar-refractivity contribution in [3.63, 3.8) is 0 Å². The van der Waals surface area contributed by atoms with Gasteiger partial charge in [0.25, 0.3) is 0 Å². The molecule has 0 bridgehead atoms. The molecule has 0 radical (unpaired) electrons. The minimum absolute atomic E-state index is 0.0818. The molecule has 0 unspecified atom stereocenters. The van der Waals surface area contributed by atoms with Crippen LogP contribution in [0.4, 0.5) is 23.2 Å². The highest BCUT2D eigenvalue weighted by Crippen LogP contribution is 2.36. The predicted octanol–water partition coefficient (Wildman–Crippen LogP) is 3.68. The summed E-state index contributed by atoms with van der Waals surface area (Å²) >= 11 is 0. The number of hydrogen-bond donors (Lipinski definition) is 0. The Labute approximate surface area is 127 Å². The predicted molar refractivity (Wildman–Crippen MR) is 77.5 cm³/mol. The number of benzene rings is 1. The van der Waals surface area contributed by atoms with Crippen LogP contribution in [0.1, 0.15) is 24.0 Å². The summed E-state index contributed by atoms with van der Waals surface area (Å²) in [6.45, 7) is 5.35. The van der Waals surface area contributed by atoms with E-state index in [1.165, 1.54) is 18.9 Å². The second-order valence-electron chi connectivity index (χ2n) is 6.37. The smallest absolute Gasteiger partial charge is 0.367 e. The van der Waals surface area contributed by atoms with Crippen LogP contribution in [-0.4, -0.2) is 37.6 Å². The number of nitrogens with zero attached hydrogens (tertiary/aromatic N) is 2. The Hall–Kier alpha value is -1.30. The third-order valence-corrected chi connectivity index (χ3v) is 4.43. The first-order valence-corrected chi connectivity index (χ1v) is 7.69. The SMILES string of the molecule is Cc1cc(N2CCN(CC3CC3)CC2)c(F)c(C(F)(F)F)c1. The van der Waals surface area contributed by atoms with Gasteiger partial charge >= 0.3 is 6.18 Å². The molecule has 3 rings (SSSR count). The molecule has 2 aliphatic rings.